The number of aromatic amines is 1. The summed E-state index contributed by atoms with van der Waals surface area (Å²) < 4.78 is -1.49. The number of hydrogen-bond donors (Lipinski definition) is 3. The number of alkyl halides is 2. The highest BCUT2D eigenvalue weighted by atomic mass is 35.5. The van der Waals surface area contributed by atoms with Crippen molar-refractivity contribution in [1.29, 1.82) is 0 Å². The van der Waals surface area contributed by atoms with Crippen LogP contribution in [0.5, 0.6) is 0 Å². The zero-order valence-corrected chi connectivity index (χ0v) is 21.9. The fraction of sp³-hybridized carbons (Fsp3) is 0.120. The number of hydrogen-bond acceptors (Lipinski definition) is 2. The summed E-state index contributed by atoms with van der Waals surface area (Å²) >= 11 is 31.3. The molecule has 4 rings (SSSR count). The van der Waals surface area contributed by atoms with Crippen LogP contribution in [0.1, 0.15) is 28.8 Å². The van der Waals surface area contributed by atoms with Gasteiger partial charge in [0.05, 0.1) is 27.7 Å². The SMILES string of the molecule is CC(Cl)(Cl)C(C(=O)Nc1ccc(Cl)c(C(=O)Nc2cccc3cc[nH]c23)c1)c1cc(Cl)cc(Cl)c1. The van der Waals surface area contributed by atoms with Crippen molar-refractivity contribution >= 4 is 92.1 Å². The molecule has 0 aliphatic rings. The molecule has 0 aliphatic heterocycles. The van der Waals surface area contributed by atoms with Crippen LogP contribution in [0.2, 0.25) is 15.1 Å². The Morgan fingerprint density at radius 3 is 2.31 bits per heavy atom. The van der Waals surface area contributed by atoms with Gasteiger partial charge in [-0.15, -0.1) is 23.2 Å². The second kappa shape index (κ2) is 10.3. The van der Waals surface area contributed by atoms with Crippen molar-refractivity contribution in [3.8, 4) is 0 Å². The number of rotatable bonds is 6. The summed E-state index contributed by atoms with van der Waals surface area (Å²) in [5.41, 5.74) is 2.33. The number of aromatic nitrogens is 1. The van der Waals surface area contributed by atoms with Crippen molar-refractivity contribution < 1.29 is 9.59 Å². The van der Waals surface area contributed by atoms with Crippen molar-refractivity contribution in [1.82, 2.24) is 4.98 Å². The summed E-state index contributed by atoms with van der Waals surface area (Å²) in [5, 5.41) is 7.46. The predicted octanol–water partition coefficient (Wildman–Crippen LogP) is 8.30. The van der Waals surface area contributed by atoms with Gasteiger partial charge in [0, 0.05) is 27.3 Å². The van der Waals surface area contributed by atoms with Crippen LogP contribution in [-0.4, -0.2) is 21.1 Å². The molecule has 3 N–H and O–H groups in total. The molecule has 1 aromatic heterocycles. The van der Waals surface area contributed by atoms with Crippen molar-refractivity contribution in [2.75, 3.05) is 10.6 Å². The van der Waals surface area contributed by atoms with E-state index >= 15 is 0 Å². The molecular weight excluding hydrogens is 552 g/mol. The summed E-state index contributed by atoms with van der Waals surface area (Å²) in [4.78, 5) is 29.4. The normalized spacial score (nSPS) is 12.4. The van der Waals surface area contributed by atoms with Crippen LogP contribution in [0.4, 0.5) is 11.4 Å². The lowest BCUT2D eigenvalue weighted by atomic mass is 9.94. The molecule has 0 saturated carbocycles. The number of H-pyrrole nitrogens is 1. The van der Waals surface area contributed by atoms with Gasteiger partial charge in [-0.1, -0.05) is 46.9 Å². The van der Waals surface area contributed by atoms with Crippen LogP contribution in [0.15, 0.2) is 66.9 Å². The van der Waals surface area contributed by atoms with E-state index in [1.807, 2.05) is 18.2 Å². The number of anilines is 2. The van der Waals surface area contributed by atoms with Gasteiger partial charge in [-0.05, 0) is 61.0 Å². The number of para-hydroxylation sites is 1. The lowest BCUT2D eigenvalue weighted by molar-refractivity contribution is -0.117. The monoisotopic (exact) mass is 567 g/mol. The molecule has 0 saturated heterocycles. The Balaban J connectivity index is 1.60. The molecule has 5 nitrogen and oxygen atoms in total. The maximum absolute atomic E-state index is 13.3. The lowest BCUT2D eigenvalue weighted by Gasteiger charge is -2.26. The third-order valence-electron chi connectivity index (χ3n) is 5.30. The van der Waals surface area contributed by atoms with Crippen molar-refractivity contribution in [3.63, 3.8) is 0 Å². The van der Waals surface area contributed by atoms with Crippen LogP contribution in [0, 0.1) is 0 Å². The smallest absolute Gasteiger partial charge is 0.257 e. The van der Waals surface area contributed by atoms with Crippen LogP contribution in [-0.2, 0) is 4.79 Å². The quantitative estimate of drug-likeness (QED) is 0.204. The first kappa shape index (κ1) is 25.7. The van der Waals surface area contributed by atoms with Gasteiger partial charge in [-0.2, -0.15) is 0 Å². The standard InChI is InChI=1S/C25H18Cl5N3O2/c1-25(29,30)21(14-9-15(26)11-16(27)10-14)24(35)32-17-5-6-19(28)18(12-17)23(34)33-20-4-2-3-13-7-8-31-22(13)20/h2-12,21,31H,1H3,(H,32,35)(H,33,34). The summed E-state index contributed by atoms with van der Waals surface area (Å²) in [7, 11) is 0. The Bertz CT molecular complexity index is 1410. The molecule has 1 atom stereocenters. The molecule has 0 spiro atoms. The predicted molar refractivity (Wildman–Crippen MR) is 146 cm³/mol. The number of halogens is 5. The van der Waals surface area contributed by atoms with Crippen molar-refractivity contribution in [2.24, 2.45) is 0 Å². The minimum atomic E-state index is -1.49. The van der Waals surface area contributed by atoms with Crippen molar-refractivity contribution in [2.45, 2.75) is 17.2 Å². The Morgan fingerprint density at radius 1 is 0.914 bits per heavy atom. The maximum atomic E-state index is 13.3. The van der Waals surface area contributed by atoms with E-state index in [-0.39, 0.29) is 10.6 Å². The molecule has 180 valence electrons. The van der Waals surface area contributed by atoms with Gasteiger partial charge in [-0.3, -0.25) is 9.59 Å². The Kier molecular flexibility index (Phi) is 7.55. The average Bonchev–Trinajstić information content (AvgIpc) is 3.23. The van der Waals surface area contributed by atoms with Gasteiger partial charge in [0.2, 0.25) is 5.91 Å². The first-order chi connectivity index (χ1) is 16.5. The van der Waals surface area contributed by atoms with Crippen LogP contribution >= 0.6 is 58.0 Å². The minimum absolute atomic E-state index is 0.176. The fourth-order valence-electron chi connectivity index (χ4n) is 3.79. The molecule has 0 radical (unpaired) electrons. The van der Waals surface area contributed by atoms with E-state index in [1.165, 1.54) is 19.1 Å². The lowest BCUT2D eigenvalue weighted by Crippen LogP contribution is -2.32. The Morgan fingerprint density at radius 2 is 1.63 bits per heavy atom. The van der Waals surface area contributed by atoms with Crippen LogP contribution < -0.4 is 10.6 Å². The summed E-state index contributed by atoms with van der Waals surface area (Å²) in [6.45, 7) is 1.50. The van der Waals surface area contributed by atoms with Gasteiger partial charge < -0.3 is 15.6 Å². The van der Waals surface area contributed by atoms with Crippen LogP contribution in [0.25, 0.3) is 10.9 Å². The topological polar surface area (TPSA) is 74.0 Å². The summed E-state index contributed by atoms with van der Waals surface area (Å²) in [5.74, 6) is -1.97. The zero-order chi connectivity index (χ0) is 25.3. The first-order valence-corrected chi connectivity index (χ1v) is 12.2. The molecule has 35 heavy (non-hydrogen) atoms. The molecular formula is C25H18Cl5N3O2. The first-order valence-electron chi connectivity index (χ1n) is 10.3. The second-order valence-corrected chi connectivity index (χ2v) is 11.0. The number of benzene rings is 3. The molecule has 0 fully saturated rings. The Labute approximate surface area is 226 Å². The largest absolute Gasteiger partial charge is 0.359 e. The van der Waals surface area contributed by atoms with E-state index in [9.17, 15) is 9.59 Å². The number of nitrogens with one attached hydrogen (secondary N) is 3. The molecule has 0 bridgehead atoms. The van der Waals surface area contributed by atoms with E-state index in [0.717, 1.165) is 10.9 Å². The van der Waals surface area contributed by atoms with Gasteiger partial charge in [0.25, 0.3) is 5.91 Å². The number of carbonyl (C=O) groups excluding carboxylic acids is 2. The third-order valence-corrected chi connectivity index (χ3v) is 6.50. The average molecular weight is 570 g/mol. The van der Waals surface area contributed by atoms with Gasteiger partial charge >= 0.3 is 0 Å². The fourth-order valence-corrected chi connectivity index (χ4v) is 4.98. The molecule has 3 aromatic carbocycles. The molecule has 10 heteroatoms. The van der Waals surface area contributed by atoms with Gasteiger partial charge in [-0.25, -0.2) is 0 Å². The van der Waals surface area contributed by atoms with E-state index in [4.69, 9.17) is 58.0 Å². The van der Waals surface area contributed by atoms with E-state index in [1.54, 1.807) is 36.5 Å². The molecule has 0 aliphatic carbocycles. The van der Waals surface area contributed by atoms with Gasteiger partial charge in [0.15, 0.2) is 0 Å². The highest BCUT2D eigenvalue weighted by molar-refractivity contribution is 6.50. The van der Waals surface area contributed by atoms with E-state index in [0.29, 0.717) is 27.0 Å². The van der Waals surface area contributed by atoms with E-state index in [2.05, 4.69) is 15.6 Å². The molecule has 1 heterocycles. The third kappa shape index (κ3) is 5.88. The molecule has 4 aromatic rings. The van der Waals surface area contributed by atoms with Crippen molar-refractivity contribution in [3.05, 3.63) is 93.1 Å². The van der Waals surface area contributed by atoms with Gasteiger partial charge in [0.1, 0.15) is 4.33 Å². The van der Waals surface area contributed by atoms with Crippen LogP contribution in [0.3, 0.4) is 0 Å². The highest BCUT2D eigenvalue weighted by Crippen LogP contribution is 2.40. The zero-order valence-electron chi connectivity index (χ0n) is 18.1. The Hall–Kier alpha value is -2.41. The second-order valence-electron chi connectivity index (χ2n) is 7.98. The summed E-state index contributed by atoms with van der Waals surface area (Å²) in [6.07, 6.45) is 1.79. The van der Waals surface area contributed by atoms with E-state index < -0.39 is 22.1 Å². The summed E-state index contributed by atoms with van der Waals surface area (Å²) in [6, 6.07) is 16.7. The molecule has 2 amide bonds. The highest BCUT2D eigenvalue weighted by Gasteiger charge is 2.37. The minimum Gasteiger partial charge on any atom is -0.359 e. The molecule has 1 unspecified atom stereocenters. The number of fused-ring (bicyclic) bond motifs is 1. The number of amides is 2. The maximum Gasteiger partial charge on any atom is 0.257 e. The number of carbonyl (C=O) groups is 2.